The van der Waals surface area contributed by atoms with Gasteiger partial charge in [0.05, 0.1) is 6.61 Å². The van der Waals surface area contributed by atoms with Crippen molar-refractivity contribution in [2.24, 2.45) is 5.73 Å². The van der Waals surface area contributed by atoms with Gasteiger partial charge in [-0.25, -0.2) is 0 Å². The van der Waals surface area contributed by atoms with Gasteiger partial charge < -0.3 is 15.4 Å². The Bertz CT molecular complexity index is 260. The number of hydrogen-bond donors (Lipinski definition) is 1. The number of hydrogen-bond acceptors (Lipinski definition) is 3. The number of rotatable bonds is 7. The van der Waals surface area contributed by atoms with Crippen LogP contribution in [0.3, 0.4) is 0 Å². The van der Waals surface area contributed by atoms with Crippen LogP contribution in [-0.2, 0) is 9.53 Å². The molecule has 0 heterocycles. The highest BCUT2D eigenvalue weighted by molar-refractivity contribution is 5.77. The molecule has 0 aromatic carbocycles. The largest absolute Gasteiger partial charge is 0.383 e. The summed E-state index contributed by atoms with van der Waals surface area (Å²) in [6.45, 7) is 5.40. The highest BCUT2D eigenvalue weighted by Crippen LogP contribution is 2.30. The quantitative estimate of drug-likeness (QED) is 0.683. The number of carbonyl (C=O) groups is 1. The smallest absolute Gasteiger partial charge is 0.224 e. The first kappa shape index (κ1) is 14.2. The van der Waals surface area contributed by atoms with E-state index in [9.17, 15) is 4.79 Å². The van der Waals surface area contributed by atoms with Gasteiger partial charge in [0.2, 0.25) is 5.91 Å². The molecular weight excluding hydrogens is 216 g/mol. The van der Waals surface area contributed by atoms with E-state index in [0.717, 1.165) is 25.7 Å². The number of amides is 1. The van der Waals surface area contributed by atoms with Crippen molar-refractivity contribution in [2.45, 2.75) is 37.6 Å². The molecule has 0 aromatic heterocycles. The van der Waals surface area contributed by atoms with E-state index in [0.29, 0.717) is 26.1 Å². The third-order valence-corrected chi connectivity index (χ3v) is 3.37. The van der Waals surface area contributed by atoms with Crippen molar-refractivity contribution in [2.75, 3.05) is 26.8 Å². The van der Waals surface area contributed by atoms with Crippen molar-refractivity contribution in [3.05, 3.63) is 12.7 Å². The van der Waals surface area contributed by atoms with Gasteiger partial charge in [0.1, 0.15) is 0 Å². The summed E-state index contributed by atoms with van der Waals surface area (Å²) in [5, 5.41) is 0. The first-order valence-electron chi connectivity index (χ1n) is 6.28. The molecule has 0 saturated heterocycles. The Labute approximate surface area is 104 Å². The Morgan fingerprint density at radius 2 is 2.18 bits per heavy atom. The van der Waals surface area contributed by atoms with Crippen molar-refractivity contribution in [3.63, 3.8) is 0 Å². The van der Waals surface area contributed by atoms with E-state index in [1.807, 2.05) is 0 Å². The van der Waals surface area contributed by atoms with E-state index in [4.69, 9.17) is 10.5 Å². The van der Waals surface area contributed by atoms with E-state index in [-0.39, 0.29) is 11.4 Å². The molecule has 1 rings (SSSR count). The van der Waals surface area contributed by atoms with Crippen LogP contribution in [-0.4, -0.2) is 43.2 Å². The van der Waals surface area contributed by atoms with E-state index in [1.54, 1.807) is 18.1 Å². The van der Waals surface area contributed by atoms with E-state index in [1.165, 1.54) is 0 Å². The van der Waals surface area contributed by atoms with Crippen molar-refractivity contribution in [3.8, 4) is 0 Å². The summed E-state index contributed by atoms with van der Waals surface area (Å²) in [6.07, 6.45) is 6.40. The van der Waals surface area contributed by atoms with Crippen LogP contribution in [0.2, 0.25) is 0 Å². The average molecular weight is 240 g/mol. The maximum Gasteiger partial charge on any atom is 0.224 e. The van der Waals surface area contributed by atoms with Gasteiger partial charge in [-0.3, -0.25) is 4.79 Å². The van der Waals surface area contributed by atoms with E-state index < -0.39 is 0 Å². The number of nitrogens with two attached hydrogens (primary N) is 1. The standard InChI is InChI=1S/C13H24N2O2/c1-3-8-15(9-10-17-2)12(16)11-13(14)6-4-5-7-13/h3H,1,4-11,14H2,2H3. The first-order chi connectivity index (χ1) is 8.11. The molecule has 0 radical (unpaired) electrons. The number of methoxy groups -OCH3 is 1. The fraction of sp³-hybridized carbons (Fsp3) is 0.769. The van der Waals surface area contributed by atoms with Crippen LogP contribution >= 0.6 is 0 Å². The van der Waals surface area contributed by atoms with Gasteiger partial charge in [0.15, 0.2) is 0 Å². The molecule has 0 unspecified atom stereocenters. The topological polar surface area (TPSA) is 55.6 Å². The fourth-order valence-corrected chi connectivity index (χ4v) is 2.34. The minimum atomic E-state index is -0.274. The SMILES string of the molecule is C=CCN(CCOC)C(=O)CC1(N)CCCC1. The van der Waals surface area contributed by atoms with Crippen LogP contribution in [0.15, 0.2) is 12.7 Å². The summed E-state index contributed by atoms with van der Waals surface area (Å²) in [5.74, 6) is 0.117. The lowest BCUT2D eigenvalue weighted by molar-refractivity contribution is -0.132. The molecule has 0 spiro atoms. The highest BCUT2D eigenvalue weighted by atomic mass is 16.5. The molecule has 0 aliphatic heterocycles. The van der Waals surface area contributed by atoms with Crippen LogP contribution in [0.25, 0.3) is 0 Å². The average Bonchev–Trinajstić information content (AvgIpc) is 2.70. The zero-order chi connectivity index (χ0) is 12.7. The zero-order valence-electron chi connectivity index (χ0n) is 10.8. The third kappa shape index (κ3) is 4.48. The Hall–Kier alpha value is -0.870. The molecular formula is C13H24N2O2. The molecule has 1 fully saturated rings. The number of nitrogens with zero attached hydrogens (tertiary/aromatic N) is 1. The Morgan fingerprint density at radius 1 is 1.53 bits per heavy atom. The van der Waals surface area contributed by atoms with Crippen LogP contribution < -0.4 is 5.73 Å². The Morgan fingerprint density at radius 3 is 2.71 bits per heavy atom. The molecule has 0 bridgehead atoms. The van der Waals surface area contributed by atoms with Gasteiger partial charge in [0, 0.05) is 32.2 Å². The molecule has 1 amide bonds. The molecule has 0 atom stereocenters. The Balaban J connectivity index is 2.48. The molecule has 1 aliphatic rings. The first-order valence-corrected chi connectivity index (χ1v) is 6.28. The maximum absolute atomic E-state index is 12.1. The van der Waals surface area contributed by atoms with Gasteiger partial charge in [-0.05, 0) is 12.8 Å². The lowest BCUT2D eigenvalue weighted by Crippen LogP contribution is -2.44. The number of ether oxygens (including phenoxy) is 1. The zero-order valence-corrected chi connectivity index (χ0v) is 10.8. The summed E-state index contributed by atoms with van der Waals surface area (Å²) >= 11 is 0. The highest BCUT2D eigenvalue weighted by Gasteiger charge is 2.32. The van der Waals surface area contributed by atoms with Gasteiger partial charge in [-0.2, -0.15) is 0 Å². The maximum atomic E-state index is 12.1. The van der Waals surface area contributed by atoms with Gasteiger partial charge in [-0.15, -0.1) is 6.58 Å². The fourth-order valence-electron chi connectivity index (χ4n) is 2.34. The molecule has 17 heavy (non-hydrogen) atoms. The monoisotopic (exact) mass is 240 g/mol. The van der Waals surface area contributed by atoms with Crippen LogP contribution in [0, 0.1) is 0 Å². The minimum Gasteiger partial charge on any atom is -0.383 e. The lowest BCUT2D eigenvalue weighted by atomic mass is 9.94. The predicted octanol–water partition coefficient (Wildman–Crippen LogP) is 1.31. The van der Waals surface area contributed by atoms with Crippen molar-refractivity contribution < 1.29 is 9.53 Å². The lowest BCUT2D eigenvalue weighted by Gasteiger charge is -2.27. The molecule has 2 N–H and O–H groups in total. The molecule has 4 heteroatoms. The summed E-state index contributed by atoms with van der Waals surface area (Å²) < 4.78 is 5.00. The second kappa shape index (κ2) is 6.77. The van der Waals surface area contributed by atoms with E-state index >= 15 is 0 Å². The summed E-state index contributed by atoms with van der Waals surface area (Å²) in [7, 11) is 1.64. The van der Waals surface area contributed by atoms with Gasteiger partial charge in [0.25, 0.3) is 0 Å². The van der Waals surface area contributed by atoms with Crippen molar-refractivity contribution >= 4 is 5.91 Å². The van der Waals surface area contributed by atoms with Gasteiger partial charge in [-0.1, -0.05) is 18.9 Å². The van der Waals surface area contributed by atoms with Crippen LogP contribution in [0.1, 0.15) is 32.1 Å². The second-order valence-corrected chi connectivity index (χ2v) is 4.87. The summed E-state index contributed by atoms with van der Waals surface area (Å²) in [6, 6.07) is 0. The molecule has 4 nitrogen and oxygen atoms in total. The Kier molecular flexibility index (Phi) is 5.65. The van der Waals surface area contributed by atoms with Crippen molar-refractivity contribution in [1.82, 2.24) is 4.90 Å². The summed E-state index contributed by atoms with van der Waals surface area (Å²) in [4.78, 5) is 13.9. The predicted molar refractivity (Wildman–Crippen MR) is 68.7 cm³/mol. The molecule has 1 aliphatic carbocycles. The number of carbonyl (C=O) groups excluding carboxylic acids is 1. The third-order valence-electron chi connectivity index (χ3n) is 3.37. The second-order valence-electron chi connectivity index (χ2n) is 4.87. The normalized spacial score (nSPS) is 18.0. The minimum absolute atomic E-state index is 0.117. The molecule has 1 saturated carbocycles. The molecule has 98 valence electrons. The van der Waals surface area contributed by atoms with Crippen LogP contribution in [0.5, 0.6) is 0 Å². The summed E-state index contributed by atoms with van der Waals surface area (Å²) in [5.41, 5.74) is 5.94. The van der Waals surface area contributed by atoms with Crippen molar-refractivity contribution in [1.29, 1.82) is 0 Å². The van der Waals surface area contributed by atoms with E-state index in [2.05, 4.69) is 6.58 Å². The van der Waals surface area contributed by atoms with Crippen LogP contribution in [0.4, 0.5) is 0 Å². The van der Waals surface area contributed by atoms with Gasteiger partial charge >= 0.3 is 0 Å². The molecule has 0 aromatic rings.